The molecule has 0 bridgehead atoms. The van der Waals surface area contributed by atoms with Crippen LogP contribution in [0.25, 0.3) is 0 Å². The molecule has 0 aromatic carbocycles. The standard InChI is InChI=1S/C12H26O.C10H18O4/c1-3-5-7-9-11-13-12-10-8-6-4-2;1-7(2)10(12)14-6-9(4)13-5-8(3)11/h3-12H2,1-2H3;8-9,11H,1,5-6H2,2-4H3. The lowest BCUT2D eigenvalue weighted by molar-refractivity contribution is -0.143. The number of aliphatic hydroxyl groups is 1. The van der Waals surface area contributed by atoms with Crippen molar-refractivity contribution in [3.05, 3.63) is 12.2 Å². The third-order valence-corrected chi connectivity index (χ3v) is 3.70. The zero-order valence-corrected chi connectivity index (χ0v) is 18.4. The van der Waals surface area contributed by atoms with Crippen molar-refractivity contribution in [2.24, 2.45) is 0 Å². The summed E-state index contributed by atoms with van der Waals surface area (Å²) in [5.74, 6) is -0.419. The van der Waals surface area contributed by atoms with Crippen LogP contribution in [0.1, 0.15) is 86.0 Å². The fourth-order valence-electron chi connectivity index (χ4n) is 2.03. The highest BCUT2D eigenvalue weighted by atomic mass is 16.6. The first-order valence-electron chi connectivity index (χ1n) is 10.5. The Kier molecular flexibility index (Phi) is 22.4. The number of ether oxygens (including phenoxy) is 3. The van der Waals surface area contributed by atoms with Crippen LogP contribution >= 0.6 is 0 Å². The molecule has 1 N–H and O–H groups in total. The number of carbonyl (C=O) groups excluding carboxylic acids is 1. The third-order valence-electron chi connectivity index (χ3n) is 3.70. The molecule has 0 aromatic heterocycles. The summed E-state index contributed by atoms with van der Waals surface area (Å²) in [6.45, 7) is 15.3. The highest BCUT2D eigenvalue weighted by Crippen LogP contribution is 2.02. The van der Waals surface area contributed by atoms with Gasteiger partial charge in [-0.25, -0.2) is 4.79 Å². The van der Waals surface area contributed by atoms with E-state index in [1.54, 1.807) is 20.8 Å². The van der Waals surface area contributed by atoms with Gasteiger partial charge in [-0.15, -0.1) is 0 Å². The van der Waals surface area contributed by atoms with E-state index in [1.165, 1.54) is 51.4 Å². The maximum absolute atomic E-state index is 11.0. The fraction of sp³-hybridized carbons (Fsp3) is 0.864. The summed E-state index contributed by atoms with van der Waals surface area (Å²) in [5, 5.41) is 8.92. The topological polar surface area (TPSA) is 65.0 Å². The van der Waals surface area contributed by atoms with E-state index in [1.807, 2.05) is 0 Å². The average molecular weight is 389 g/mol. The van der Waals surface area contributed by atoms with Crippen molar-refractivity contribution in [1.82, 2.24) is 0 Å². The highest BCUT2D eigenvalue weighted by Gasteiger charge is 2.08. The molecule has 0 aliphatic heterocycles. The molecule has 0 rings (SSSR count). The summed E-state index contributed by atoms with van der Waals surface area (Å²) in [6.07, 6.45) is 9.81. The van der Waals surface area contributed by atoms with Gasteiger partial charge in [-0.3, -0.25) is 0 Å². The largest absolute Gasteiger partial charge is 0.460 e. The van der Waals surface area contributed by atoms with Gasteiger partial charge in [0.1, 0.15) is 6.61 Å². The SMILES string of the molecule is C=C(C)C(=O)OCC(C)OCC(C)O.CCCCCCOCCCCCC. The molecular weight excluding hydrogens is 344 g/mol. The van der Waals surface area contributed by atoms with Gasteiger partial charge in [0.15, 0.2) is 0 Å². The zero-order valence-electron chi connectivity index (χ0n) is 18.4. The van der Waals surface area contributed by atoms with E-state index in [9.17, 15) is 4.79 Å². The summed E-state index contributed by atoms with van der Waals surface area (Å²) in [7, 11) is 0. The predicted molar refractivity (Wildman–Crippen MR) is 112 cm³/mol. The minimum absolute atomic E-state index is 0.179. The van der Waals surface area contributed by atoms with Gasteiger partial charge in [0.2, 0.25) is 0 Å². The lowest BCUT2D eigenvalue weighted by Crippen LogP contribution is -2.23. The van der Waals surface area contributed by atoms with Crippen LogP contribution in [-0.4, -0.2) is 49.7 Å². The molecular formula is C22H44O5. The molecule has 0 saturated carbocycles. The molecule has 2 atom stereocenters. The first-order chi connectivity index (χ1) is 12.8. The molecule has 0 amide bonds. The van der Waals surface area contributed by atoms with Gasteiger partial charge in [0.05, 0.1) is 18.8 Å². The lowest BCUT2D eigenvalue weighted by Gasteiger charge is -2.14. The van der Waals surface area contributed by atoms with E-state index in [2.05, 4.69) is 20.4 Å². The van der Waals surface area contributed by atoms with E-state index in [0.29, 0.717) is 5.57 Å². The van der Waals surface area contributed by atoms with Gasteiger partial charge in [-0.05, 0) is 33.6 Å². The molecule has 0 heterocycles. The van der Waals surface area contributed by atoms with Crippen LogP contribution in [0.15, 0.2) is 12.2 Å². The Morgan fingerprint density at radius 2 is 1.44 bits per heavy atom. The van der Waals surface area contributed by atoms with Gasteiger partial charge >= 0.3 is 5.97 Å². The van der Waals surface area contributed by atoms with Gasteiger partial charge < -0.3 is 19.3 Å². The number of rotatable bonds is 16. The van der Waals surface area contributed by atoms with E-state index < -0.39 is 12.1 Å². The number of hydrogen-bond acceptors (Lipinski definition) is 5. The second kappa shape index (κ2) is 21.4. The summed E-state index contributed by atoms with van der Waals surface area (Å²) >= 11 is 0. The molecule has 162 valence electrons. The van der Waals surface area contributed by atoms with Gasteiger partial charge in [-0.2, -0.15) is 0 Å². The molecule has 0 fully saturated rings. The van der Waals surface area contributed by atoms with E-state index in [-0.39, 0.29) is 19.3 Å². The molecule has 0 radical (unpaired) electrons. The fourth-order valence-corrected chi connectivity index (χ4v) is 2.03. The van der Waals surface area contributed by atoms with E-state index in [4.69, 9.17) is 19.3 Å². The van der Waals surface area contributed by atoms with Gasteiger partial charge in [0, 0.05) is 18.8 Å². The molecule has 5 nitrogen and oxygen atoms in total. The monoisotopic (exact) mass is 388 g/mol. The van der Waals surface area contributed by atoms with Gasteiger partial charge in [-0.1, -0.05) is 59.0 Å². The molecule has 0 aromatic rings. The maximum Gasteiger partial charge on any atom is 0.333 e. The summed E-state index contributed by atoms with van der Waals surface area (Å²) in [5.41, 5.74) is 0.368. The minimum Gasteiger partial charge on any atom is -0.460 e. The number of aliphatic hydroxyl groups excluding tert-OH is 1. The van der Waals surface area contributed by atoms with Crippen LogP contribution in [-0.2, 0) is 19.0 Å². The van der Waals surface area contributed by atoms with Crippen LogP contribution in [0.4, 0.5) is 0 Å². The molecule has 0 spiro atoms. The summed E-state index contributed by atoms with van der Waals surface area (Å²) in [6, 6.07) is 0. The van der Waals surface area contributed by atoms with Crippen molar-refractivity contribution in [2.45, 2.75) is 98.2 Å². The Morgan fingerprint density at radius 1 is 0.926 bits per heavy atom. The Balaban J connectivity index is 0. The Bertz CT molecular complexity index is 332. The van der Waals surface area contributed by atoms with E-state index >= 15 is 0 Å². The second-order valence-electron chi connectivity index (χ2n) is 7.11. The van der Waals surface area contributed by atoms with Crippen LogP contribution < -0.4 is 0 Å². The third kappa shape index (κ3) is 25.1. The maximum atomic E-state index is 11.0. The van der Waals surface area contributed by atoms with E-state index in [0.717, 1.165) is 13.2 Å². The van der Waals surface area contributed by atoms with Crippen LogP contribution in [0.3, 0.4) is 0 Å². The Morgan fingerprint density at radius 3 is 1.85 bits per heavy atom. The van der Waals surface area contributed by atoms with Crippen LogP contribution in [0, 0.1) is 0 Å². The molecule has 2 unspecified atom stereocenters. The average Bonchev–Trinajstić information content (AvgIpc) is 2.63. The molecule has 0 saturated heterocycles. The number of carbonyl (C=O) groups is 1. The summed E-state index contributed by atoms with van der Waals surface area (Å²) in [4.78, 5) is 11.0. The van der Waals surface area contributed by atoms with Crippen molar-refractivity contribution in [1.29, 1.82) is 0 Å². The van der Waals surface area contributed by atoms with Crippen molar-refractivity contribution in [3.63, 3.8) is 0 Å². The Hall–Kier alpha value is -0.910. The molecule has 5 heteroatoms. The predicted octanol–water partition coefficient (Wildman–Crippen LogP) is 5.06. The molecule has 0 aliphatic rings. The second-order valence-corrected chi connectivity index (χ2v) is 7.11. The lowest BCUT2D eigenvalue weighted by atomic mass is 10.2. The first-order valence-corrected chi connectivity index (χ1v) is 10.5. The minimum atomic E-state index is -0.505. The number of unbranched alkanes of at least 4 members (excludes halogenated alkanes) is 6. The summed E-state index contributed by atoms with van der Waals surface area (Å²) < 4.78 is 15.6. The van der Waals surface area contributed by atoms with Crippen molar-refractivity contribution < 1.29 is 24.1 Å². The normalized spacial score (nSPS) is 12.7. The quantitative estimate of drug-likeness (QED) is 0.227. The molecule has 27 heavy (non-hydrogen) atoms. The van der Waals surface area contributed by atoms with Crippen molar-refractivity contribution >= 4 is 5.97 Å². The highest BCUT2D eigenvalue weighted by molar-refractivity contribution is 5.86. The Labute approximate surface area is 167 Å². The van der Waals surface area contributed by atoms with Crippen LogP contribution in [0.2, 0.25) is 0 Å². The number of hydrogen-bond donors (Lipinski definition) is 1. The molecule has 0 aliphatic carbocycles. The van der Waals surface area contributed by atoms with Crippen molar-refractivity contribution in [2.75, 3.05) is 26.4 Å². The smallest absolute Gasteiger partial charge is 0.333 e. The van der Waals surface area contributed by atoms with Crippen LogP contribution in [0.5, 0.6) is 0 Å². The first kappa shape index (κ1) is 28.3. The van der Waals surface area contributed by atoms with Crippen molar-refractivity contribution in [3.8, 4) is 0 Å². The number of esters is 1. The zero-order chi connectivity index (χ0) is 20.9. The van der Waals surface area contributed by atoms with Gasteiger partial charge in [0.25, 0.3) is 0 Å².